The molecule has 0 amide bonds. The topological polar surface area (TPSA) is 38.7 Å². The number of hydrogen-bond donors (Lipinski definition) is 1. The van der Waals surface area contributed by atoms with Crippen LogP contribution in [0.4, 0.5) is 0 Å². The summed E-state index contributed by atoms with van der Waals surface area (Å²) in [6.07, 6.45) is 4.90. The molecular formula is C15H22O3. The highest BCUT2D eigenvalue weighted by atomic mass is 16.7. The van der Waals surface area contributed by atoms with Crippen LogP contribution >= 0.6 is 0 Å². The van der Waals surface area contributed by atoms with Crippen molar-refractivity contribution >= 4 is 6.08 Å². The Kier molecular flexibility index (Phi) is 6.65. The SMILES string of the molecule is COCOC[C@](C)(CO)C/C=C/c1ccccc1. The first kappa shape index (κ1) is 14.9. The van der Waals surface area contributed by atoms with E-state index < -0.39 is 0 Å². The van der Waals surface area contributed by atoms with E-state index in [0.717, 1.165) is 12.0 Å². The molecule has 0 fully saturated rings. The van der Waals surface area contributed by atoms with Gasteiger partial charge in [0.2, 0.25) is 0 Å². The summed E-state index contributed by atoms with van der Waals surface area (Å²) in [6.45, 7) is 2.84. The van der Waals surface area contributed by atoms with Gasteiger partial charge in [0, 0.05) is 12.5 Å². The van der Waals surface area contributed by atoms with Gasteiger partial charge in [0.15, 0.2) is 0 Å². The lowest BCUT2D eigenvalue weighted by Crippen LogP contribution is -2.27. The van der Waals surface area contributed by atoms with Crippen molar-refractivity contribution in [1.29, 1.82) is 0 Å². The maximum absolute atomic E-state index is 9.43. The van der Waals surface area contributed by atoms with Crippen LogP contribution in [0.25, 0.3) is 6.08 Å². The summed E-state index contributed by atoms with van der Waals surface area (Å²) < 4.78 is 10.2. The van der Waals surface area contributed by atoms with Crippen LogP contribution in [0.2, 0.25) is 0 Å². The quantitative estimate of drug-likeness (QED) is 0.569. The van der Waals surface area contributed by atoms with E-state index in [9.17, 15) is 5.11 Å². The number of methoxy groups -OCH3 is 1. The van der Waals surface area contributed by atoms with Crippen molar-refractivity contribution in [3.05, 3.63) is 42.0 Å². The maximum Gasteiger partial charge on any atom is 0.146 e. The molecule has 0 saturated carbocycles. The smallest absolute Gasteiger partial charge is 0.146 e. The molecule has 100 valence electrons. The molecule has 0 heterocycles. The average molecular weight is 250 g/mol. The van der Waals surface area contributed by atoms with Crippen LogP contribution in [0.3, 0.4) is 0 Å². The Morgan fingerprint density at radius 3 is 2.61 bits per heavy atom. The van der Waals surface area contributed by atoms with Crippen LogP contribution in [0, 0.1) is 5.41 Å². The third kappa shape index (κ3) is 5.45. The van der Waals surface area contributed by atoms with E-state index in [1.807, 2.05) is 37.3 Å². The van der Waals surface area contributed by atoms with Crippen molar-refractivity contribution in [1.82, 2.24) is 0 Å². The van der Waals surface area contributed by atoms with E-state index in [2.05, 4.69) is 12.2 Å². The van der Waals surface area contributed by atoms with Gasteiger partial charge in [-0.1, -0.05) is 49.4 Å². The Hall–Kier alpha value is -1.16. The fourth-order valence-electron chi connectivity index (χ4n) is 1.58. The van der Waals surface area contributed by atoms with Gasteiger partial charge in [0.1, 0.15) is 6.79 Å². The lowest BCUT2D eigenvalue weighted by Gasteiger charge is -2.25. The molecule has 0 bridgehead atoms. The molecule has 1 aromatic rings. The first-order valence-electron chi connectivity index (χ1n) is 6.09. The number of allylic oxidation sites excluding steroid dienone is 1. The number of hydrogen-bond acceptors (Lipinski definition) is 3. The molecule has 1 rings (SSSR count). The summed E-state index contributed by atoms with van der Waals surface area (Å²) in [7, 11) is 1.59. The van der Waals surface area contributed by atoms with Crippen molar-refractivity contribution in [2.24, 2.45) is 5.41 Å². The molecule has 0 radical (unpaired) electrons. The van der Waals surface area contributed by atoms with Crippen LogP contribution in [0.1, 0.15) is 18.9 Å². The summed E-state index contributed by atoms with van der Waals surface area (Å²) in [5.41, 5.74) is 0.902. The summed E-state index contributed by atoms with van der Waals surface area (Å²) in [6, 6.07) is 10.1. The third-order valence-electron chi connectivity index (χ3n) is 2.75. The number of ether oxygens (including phenoxy) is 2. The zero-order chi connectivity index (χ0) is 13.3. The molecule has 0 unspecified atom stereocenters. The molecule has 3 heteroatoms. The molecule has 3 nitrogen and oxygen atoms in total. The molecular weight excluding hydrogens is 228 g/mol. The highest BCUT2D eigenvalue weighted by Gasteiger charge is 2.22. The van der Waals surface area contributed by atoms with Gasteiger partial charge in [-0.05, 0) is 12.0 Å². The Balaban J connectivity index is 2.45. The number of rotatable bonds is 8. The Labute approximate surface area is 109 Å². The largest absolute Gasteiger partial charge is 0.396 e. The van der Waals surface area contributed by atoms with Crippen molar-refractivity contribution in [2.45, 2.75) is 13.3 Å². The molecule has 1 atom stereocenters. The van der Waals surface area contributed by atoms with Crippen molar-refractivity contribution < 1.29 is 14.6 Å². The van der Waals surface area contributed by atoms with Crippen LogP contribution in [0.15, 0.2) is 36.4 Å². The average Bonchev–Trinajstić information content (AvgIpc) is 2.40. The molecule has 0 aliphatic heterocycles. The van der Waals surface area contributed by atoms with Crippen LogP contribution in [-0.2, 0) is 9.47 Å². The summed E-state index contributed by atoms with van der Waals surface area (Å²) >= 11 is 0. The van der Waals surface area contributed by atoms with E-state index in [4.69, 9.17) is 9.47 Å². The number of benzene rings is 1. The first-order chi connectivity index (χ1) is 8.70. The summed E-state index contributed by atoms with van der Waals surface area (Å²) in [4.78, 5) is 0. The molecule has 0 aromatic heterocycles. The second-order valence-electron chi connectivity index (χ2n) is 4.74. The predicted octanol–water partition coefficient (Wildman–Crippen LogP) is 2.71. The van der Waals surface area contributed by atoms with E-state index in [1.54, 1.807) is 7.11 Å². The fourth-order valence-corrected chi connectivity index (χ4v) is 1.58. The number of aliphatic hydroxyl groups is 1. The van der Waals surface area contributed by atoms with E-state index >= 15 is 0 Å². The standard InChI is InChI=1S/C15H22O3/c1-15(11-16,12-18-13-17-2)10-6-9-14-7-4-3-5-8-14/h3-9,16H,10-13H2,1-2H3/b9-6+/t15-/m0/s1. The monoisotopic (exact) mass is 250 g/mol. The minimum Gasteiger partial charge on any atom is -0.396 e. The van der Waals surface area contributed by atoms with E-state index in [0.29, 0.717) is 6.61 Å². The van der Waals surface area contributed by atoms with Gasteiger partial charge in [-0.2, -0.15) is 0 Å². The normalized spacial score (nSPS) is 14.8. The van der Waals surface area contributed by atoms with Gasteiger partial charge in [0.25, 0.3) is 0 Å². The summed E-state index contributed by atoms with van der Waals surface area (Å²) in [5.74, 6) is 0. The molecule has 0 aliphatic carbocycles. The Morgan fingerprint density at radius 2 is 2.00 bits per heavy atom. The van der Waals surface area contributed by atoms with Gasteiger partial charge in [-0.15, -0.1) is 0 Å². The Morgan fingerprint density at radius 1 is 1.28 bits per heavy atom. The second kappa shape index (κ2) is 8.03. The minimum atomic E-state index is -0.260. The van der Waals surface area contributed by atoms with E-state index in [-0.39, 0.29) is 18.8 Å². The summed E-state index contributed by atoms with van der Waals surface area (Å²) in [5, 5.41) is 9.43. The van der Waals surface area contributed by atoms with E-state index in [1.165, 1.54) is 0 Å². The first-order valence-corrected chi connectivity index (χ1v) is 6.09. The maximum atomic E-state index is 9.43. The highest BCUT2D eigenvalue weighted by molar-refractivity contribution is 5.48. The minimum absolute atomic E-state index is 0.0931. The highest BCUT2D eigenvalue weighted by Crippen LogP contribution is 2.22. The van der Waals surface area contributed by atoms with Crippen molar-refractivity contribution in [3.63, 3.8) is 0 Å². The van der Waals surface area contributed by atoms with Gasteiger partial charge < -0.3 is 14.6 Å². The van der Waals surface area contributed by atoms with Gasteiger partial charge in [-0.3, -0.25) is 0 Å². The molecule has 0 spiro atoms. The van der Waals surface area contributed by atoms with Gasteiger partial charge >= 0.3 is 0 Å². The predicted molar refractivity (Wildman–Crippen MR) is 73.1 cm³/mol. The number of aliphatic hydroxyl groups excluding tert-OH is 1. The molecule has 0 aliphatic rings. The fraction of sp³-hybridized carbons (Fsp3) is 0.467. The molecule has 0 saturated heterocycles. The Bertz CT molecular complexity index is 348. The van der Waals surface area contributed by atoms with Crippen molar-refractivity contribution in [2.75, 3.05) is 27.1 Å². The zero-order valence-corrected chi connectivity index (χ0v) is 11.1. The lowest BCUT2D eigenvalue weighted by atomic mass is 9.88. The van der Waals surface area contributed by atoms with Gasteiger partial charge in [0.05, 0.1) is 13.2 Å². The third-order valence-corrected chi connectivity index (χ3v) is 2.75. The molecule has 1 aromatic carbocycles. The zero-order valence-electron chi connectivity index (χ0n) is 11.1. The molecule has 1 N–H and O–H groups in total. The molecule has 18 heavy (non-hydrogen) atoms. The van der Waals surface area contributed by atoms with Crippen LogP contribution in [0.5, 0.6) is 0 Å². The van der Waals surface area contributed by atoms with Crippen molar-refractivity contribution in [3.8, 4) is 0 Å². The van der Waals surface area contributed by atoms with Gasteiger partial charge in [-0.25, -0.2) is 0 Å². The lowest BCUT2D eigenvalue weighted by molar-refractivity contribution is -0.0709. The second-order valence-corrected chi connectivity index (χ2v) is 4.74. The van der Waals surface area contributed by atoms with Crippen LogP contribution in [-0.4, -0.2) is 32.2 Å². The van der Waals surface area contributed by atoms with Crippen LogP contribution < -0.4 is 0 Å².